The third kappa shape index (κ3) is 1.53. The van der Waals surface area contributed by atoms with Crippen molar-refractivity contribution in [3.63, 3.8) is 0 Å². The van der Waals surface area contributed by atoms with Crippen LogP contribution in [0.2, 0.25) is 0 Å². The van der Waals surface area contributed by atoms with Crippen LogP contribution in [0.25, 0.3) is 0 Å². The lowest BCUT2D eigenvalue weighted by Crippen LogP contribution is -2.35. The summed E-state index contributed by atoms with van der Waals surface area (Å²) in [6, 6.07) is 0. The summed E-state index contributed by atoms with van der Waals surface area (Å²) < 4.78 is 0. The molecule has 0 saturated heterocycles. The minimum absolute atomic E-state index is 0.951. The van der Waals surface area contributed by atoms with Crippen molar-refractivity contribution in [3.05, 3.63) is 35.9 Å². The summed E-state index contributed by atoms with van der Waals surface area (Å²) in [6.45, 7) is 3.04. The first-order valence-electron chi connectivity index (χ1n) is 4.43. The van der Waals surface area contributed by atoms with Gasteiger partial charge in [0.1, 0.15) is 0 Å². The summed E-state index contributed by atoms with van der Waals surface area (Å²) in [5.74, 6) is 0. The lowest BCUT2D eigenvalue weighted by molar-refractivity contribution is 0.206. The number of allylic oxidation sites excluding steroid dienone is 2. The number of hydrazine groups is 2. The fourth-order valence-electron chi connectivity index (χ4n) is 1.42. The molecule has 2 aliphatic rings. The van der Waals surface area contributed by atoms with Gasteiger partial charge < -0.3 is 5.32 Å². The van der Waals surface area contributed by atoms with E-state index in [9.17, 15) is 0 Å². The number of hydrogen-bond acceptors (Lipinski definition) is 4. The lowest BCUT2D eigenvalue weighted by atomic mass is 10.2. The van der Waals surface area contributed by atoms with Crippen molar-refractivity contribution in [2.45, 2.75) is 6.92 Å². The minimum Gasteiger partial charge on any atom is -0.385 e. The molecule has 0 aliphatic carbocycles. The molecule has 0 amide bonds. The Morgan fingerprint density at radius 2 is 2.38 bits per heavy atom. The molecule has 0 fully saturated rings. The highest BCUT2D eigenvalue weighted by atomic mass is 15.8. The van der Waals surface area contributed by atoms with Crippen LogP contribution >= 0.6 is 0 Å². The van der Waals surface area contributed by atoms with Gasteiger partial charge >= 0.3 is 0 Å². The SMILES string of the molecule is CCNC1=CC2=CN(C)NN2C=C1. The second-order valence-electron chi connectivity index (χ2n) is 3.08. The lowest BCUT2D eigenvalue weighted by Gasteiger charge is -2.21. The molecule has 0 aromatic carbocycles. The second-order valence-corrected chi connectivity index (χ2v) is 3.08. The molecule has 0 aromatic heterocycles. The highest BCUT2D eigenvalue weighted by molar-refractivity contribution is 5.34. The van der Waals surface area contributed by atoms with E-state index in [1.165, 1.54) is 0 Å². The molecule has 0 spiro atoms. The van der Waals surface area contributed by atoms with Crippen molar-refractivity contribution in [2.24, 2.45) is 0 Å². The Morgan fingerprint density at radius 1 is 1.54 bits per heavy atom. The van der Waals surface area contributed by atoms with Gasteiger partial charge in [-0.25, -0.2) is 0 Å². The Balaban J connectivity index is 2.15. The zero-order valence-corrected chi connectivity index (χ0v) is 7.91. The summed E-state index contributed by atoms with van der Waals surface area (Å²) in [4.78, 5) is 0. The molecule has 2 heterocycles. The van der Waals surface area contributed by atoms with E-state index >= 15 is 0 Å². The third-order valence-electron chi connectivity index (χ3n) is 1.96. The predicted molar refractivity (Wildman–Crippen MR) is 51.7 cm³/mol. The number of likely N-dealkylation sites (N-methyl/N-ethyl adjacent to an activating group) is 1. The van der Waals surface area contributed by atoms with E-state index < -0.39 is 0 Å². The van der Waals surface area contributed by atoms with Crippen LogP contribution in [0.15, 0.2) is 35.9 Å². The standard InChI is InChI=1S/C9H14N4/c1-3-10-8-4-5-13-9(6-8)7-12(2)11-13/h4-7,10-11H,3H2,1-2H3. The molecule has 0 aromatic rings. The van der Waals surface area contributed by atoms with Crippen molar-refractivity contribution in [3.8, 4) is 0 Å². The summed E-state index contributed by atoms with van der Waals surface area (Å²) in [7, 11) is 1.97. The van der Waals surface area contributed by atoms with E-state index in [0.29, 0.717) is 0 Å². The maximum Gasteiger partial charge on any atom is 0.0783 e. The molecular weight excluding hydrogens is 164 g/mol. The summed E-state index contributed by atoms with van der Waals surface area (Å²) in [6.07, 6.45) is 8.21. The highest BCUT2D eigenvalue weighted by Gasteiger charge is 2.16. The maximum absolute atomic E-state index is 3.27. The average molecular weight is 178 g/mol. The van der Waals surface area contributed by atoms with Crippen molar-refractivity contribution in [2.75, 3.05) is 13.6 Å². The van der Waals surface area contributed by atoms with E-state index in [2.05, 4.69) is 23.9 Å². The van der Waals surface area contributed by atoms with Crippen LogP contribution in [0.5, 0.6) is 0 Å². The van der Waals surface area contributed by atoms with E-state index in [1.807, 2.05) is 35.5 Å². The smallest absolute Gasteiger partial charge is 0.0783 e. The molecule has 0 unspecified atom stereocenters. The molecule has 2 rings (SSSR count). The quantitative estimate of drug-likeness (QED) is 0.645. The van der Waals surface area contributed by atoms with Crippen LogP contribution in [0.1, 0.15) is 6.92 Å². The zero-order chi connectivity index (χ0) is 9.26. The first-order chi connectivity index (χ1) is 6.29. The molecule has 0 saturated carbocycles. The van der Waals surface area contributed by atoms with Gasteiger partial charge in [-0.1, -0.05) is 0 Å². The number of fused-ring (bicyclic) bond motifs is 1. The van der Waals surface area contributed by atoms with Gasteiger partial charge in [0.15, 0.2) is 0 Å². The van der Waals surface area contributed by atoms with Crippen molar-refractivity contribution in [1.29, 1.82) is 0 Å². The molecule has 2 aliphatic heterocycles. The maximum atomic E-state index is 3.27. The van der Waals surface area contributed by atoms with Crippen molar-refractivity contribution >= 4 is 0 Å². The predicted octanol–water partition coefficient (Wildman–Crippen LogP) is 0.516. The van der Waals surface area contributed by atoms with Gasteiger partial charge in [0.25, 0.3) is 0 Å². The van der Waals surface area contributed by atoms with Crippen LogP contribution in [-0.4, -0.2) is 23.6 Å². The number of nitrogens with one attached hydrogen (secondary N) is 2. The van der Waals surface area contributed by atoms with E-state index in [4.69, 9.17) is 0 Å². The molecule has 70 valence electrons. The molecular formula is C9H14N4. The Morgan fingerprint density at radius 3 is 3.15 bits per heavy atom. The zero-order valence-electron chi connectivity index (χ0n) is 7.91. The summed E-state index contributed by atoms with van der Waals surface area (Å²) >= 11 is 0. The van der Waals surface area contributed by atoms with Crippen LogP contribution in [0, 0.1) is 0 Å². The normalized spacial score (nSPS) is 19.8. The Bertz CT molecular complexity index is 290. The molecule has 2 N–H and O–H groups in total. The molecule has 0 radical (unpaired) electrons. The van der Waals surface area contributed by atoms with Crippen molar-refractivity contribution < 1.29 is 0 Å². The molecule has 0 bridgehead atoms. The first-order valence-corrected chi connectivity index (χ1v) is 4.43. The fourth-order valence-corrected chi connectivity index (χ4v) is 1.42. The molecule has 4 nitrogen and oxygen atoms in total. The van der Waals surface area contributed by atoms with Crippen LogP contribution < -0.4 is 10.9 Å². The second kappa shape index (κ2) is 3.14. The van der Waals surface area contributed by atoms with Gasteiger partial charge in [-0.2, -0.15) is 0 Å². The van der Waals surface area contributed by atoms with Gasteiger partial charge in [0.2, 0.25) is 0 Å². The third-order valence-corrected chi connectivity index (χ3v) is 1.96. The number of nitrogens with zero attached hydrogens (tertiary/aromatic N) is 2. The van der Waals surface area contributed by atoms with Crippen molar-refractivity contribution in [1.82, 2.24) is 20.9 Å². The number of rotatable bonds is 2. The van der Waals surface area contributed by atoms with Crippen LogP contribution in [0.4, 0.5) is 0 Å². The van der Waals surface area contributed by atoms with Gasteiger partial charge in [-0.05, 0) is 19.1 Å². The molecule has 13 heavy (non-hydrogen) atoms. The molecule has 0 atom stereocenters. The van der Waals surface area contributed by atoms with Gasteiger partial charge in [-0.3, -0.25) is 10.0 Å². The molecule has 4 heteroatoms. The topological polar surface area (TPSA) is 30.5 Å². The Hall–Kier alpha value is -1.42. The van der Waals surface area contributed by atoms with E-state index in [-0.39, 0.29) is 0 Å². The van der Waals surface area contributed by atoms with Crippen LogP contribution in [0.3, 0.4) is 0 Å². The first kappa shape index (κ1) is 8.19. The minimum atomic E-state index is 0.951. The fraction of sp³-hybridized carbons (Fsp3) is 0.333. The highest BCUT2D eigenvalue weighted by Crippen LogP contribution is 2.17. The average Bonchev–Trinajstić information content (AvgIpc) is 2.44. The monoisotopic (exact) mass is 178 g/mol. The summed E-state index contributed by atoms with van der Waals surface area (Å²) in [5.41, 5.74) is 5.44. The van der Waals surface area contributed by atoms with Crippen LogP contribution in [-0.2, 0) is 0 Å². The van der Waals surface area contributed by atoms with Gasteiger partial charge in [0, 0.05) is 31.7 Å². The van der Waals surface area contributed by atoms with Gasteiger partial charge in [0.05, 0.1) is 5.70 Å². The summed E-state index contributed by atoms with van der Waals surface area (Å²) in [5, 5.41) is 7.17. The Labute approximate surface area is 78.1 Å². The largest absolute Gasteiger partial charge is 0.385 e. The Kier molecular flexibility index (Phi) is 1.98. The van der Waals surface area contributed by atoms with E-state index in [1.54, 1.807) is 0 Å². The van der Waals surface area contributed by atoms with E-state index in [0.717, 1.165) is 17.9 Å². The number of hydrogen-bond donors (Lipinski definition) is 2. The van der Waals surface area contributed by atoms with Gasteiger partial charge in [-0.15, -0.1) is 5.53 Å².